The van der Waals surface area contributed by atoms with Gasteiger partial charge in [-0.1, -0.05) is 0 Å². The van der Waals surface area contributed by atoms with Gasteiger partial charge in [0.1, 0.15) is 17.2 Å². The number of benzene rings is 2. The van der Waals surface area contributed by atoms with Gasteiger partial charge in [-0.2, -0.15) is 11.8 Å². The van der Waals surface area contributed by atoms with E-state index in [-0.39, 0.29) is 17.8 Å². The van der Waals surface area contributed by atoms with E-state index in [1.54, 1.807) is 54.2 Å². The minimum atomic E-state index is -3.24. The van der Waals surface area contributed by atoms with Gasteiger partial charge in [-0.05, 0) is 36.4 Å². The summed E-state index contributed by atoms with van der Waals surface area (Å²) in [6, 6.07) is 11.5. The molecule has 8 heteroatoms. The van der Waals surface area contributed by atoms with E-state index in [1.807, 2.05) is 0 Å². The summed E-state index contributed by atoms with van der Waals surface area (Å²) in [4.78, 5) is 0.314. The molecule has 25 heavy (non-hydrogen) atoms. The number of hydrogen-bond acceptors (Lipinski definition) is 7. The number of thioether (sulfide) groups is 1. The second kappa shape index (κ2) is 7.55. The molecule has 2 N–H and O–H groups in total. The van der Waals surface area contributed by atoms with Crippen LogP contribution in [0.3, 0.4) is 0 Å². The van der Waals surface area contributed by atoms with Crippen LogP contribution >= 0.6 is 11.8 Å². The van der Waals surface area contributed by atoms with Crippen molar-refractivity contribution < 1.29 is 22.6 Å². The fourth-order valence-corrected chi connectivity index (χ4v) is 4.86. The van der Waals surface area contributed by atoms with E-state index in [9.17, 15) is 8.42 Å². The van der Waals surface area contributed by atoms with E-state index in [0.717, 1.165) is 5.75 Å². The molecule has 1 saturated heterocycles. The smallest absolute Gasteiger partial charge is 0.188 e. The molecule has 0 spiro atoms. The van der Waals surface area contributed by atoms with Gasteiger partial charge in [-0.25, -0.2) is 8.42 Å². The van der Waals surface area contributed by atoms with Crippen molar-refractivity contribution in [3.8, 4) is 17.2 Å². The summed E-state index contributed by atoms with van der Waals surface area (Å²) in [5, 5.41) is 0.237. The highest BCUT2D eigenvalue weighted by Gasteiger charge is 2.29. The van der Waals surface area contributed by atoms with Crippen LogP contribution in [0.4, 0.5) is 5.69 Å². The van der Waals surface area contributed by atoms with Gasteiger partial charge >= 0.3 is 0 Å². The number of hydrogen-bond donors (Lipinski definition) is 1. The van der Waals surface area contributed by atoms with Crippen molar-refractivity contribution in [2.24, 2.45) is 0 Å². The molecule has 2 aromatic rings. The van der Waals surface area contributed by atoms with Crippen LogP contribution in [-0.4, -0.2) is 39.1 Å². The van der Waals surface area contributed by atoms with Gasteiger partial charge in [-0.15, -0.1) is 0 Å². The zero-order valence-corrected chi connectivity index (χ0v) is 15.3. The molecule has 134 valence electrons. The van der Waals surface area contributed by atoms with Gasteiger partial charge in [0.2, 0.25) is 0 Å². The van der Waals surface area contributed by atoms with Crippen molar-refractivity contribution in [1.82, 2.24) is 0 Å². The fraction of sp³-hybridized carbons (Fsp3) is 0.294. The maximum Gasteiger partial charge on any atom is 0.188 e. The number of anilines is 1. The lowest BCUT2D eigenvalue weighted by atomic mass is 10.3. The zero-order chi connectivity index (χ0) is 17.9. The molecule has 0 bridgehead atoms. The van der Waals surface area contributed by atoms with Crippen LogP contribution in [0.2, 0.25) is 0 Å². The molecule has 2 aromatic carbocycles. The van der Waals surface area contributed by atoms with E-state index >= 15 is 0 Å². The predicted molar refractivity (Wildman–Crippen MR) is 98.2 cm³/mol. The van der Waals surface area contributed by atoms with Crippen LogP contribution < -0.4 is 15.2 Å². The van der Waals surface area contributed by atoms with Gasteiger partial charge in [0, 0.05) is 24.2 Å². The molecular weight excluding hydrogens is 362 g/mol. The van der Waals surface area contributed by atoms with Crippen molar-refractivity contribution >= 4 is 27.3 Å². The first-order valence-corrected chi connectivity index (χ1v) is 10.3. The summed E-state index contributed by atoms with van der Waals surface area (Å²) in [7, 11) is -1.71. The van der Waals surface area contributed by atoms with Crippen LogP contribution in [0.25, 0.3) is 0 Å². The van der Waals surface area contributed by atoms with Gasteiger partial charge < -0.3 is 19.9 Å². The number of ether oxygens (including phenoxy) is 3. The normalized spacial score (nSPS) is 16.4. The molecule has 1 atom stereocenters. The van der Waals surface area contributed by atoms with Gasteiger partial charge in [-0.3, -0.25) is 0 Å². The average Bonchev–Trinajstić information content (AvgIpc) is 3.39. The highest BCUT2D eigenvalue weighted by atomic mass is 32.2. The van der Waals surface area contributed by atoms with Crippen molar-refractivity contribution in [3.05, 3.63) is 42.5 Å². The quantitative estimate of drug-likeness (QED) is 0.427. The van der Waals surface area contributed by atoms with Crippen molar-refractivity contribution in [2.75, 3.05) is 31.1 Å². The number of sulfone groups is 1. The maximum absolute atomic E-state index is 12.2. The zero-order valence-electron chi connectivity index (χ0n) is 13.7. The third-order valence-electron chi connectivity index (χ3n) is 3.54. The predicted octanol–water partition coefficient (Wildman–Crippen LogP) is 2.93. The Morgan fingerprint density at radius 2 is 1.84 bits per heavy atom. The van der Waals surface area contributed by atoms with Crippen LogP contribution in [0, 0.1) is 0 Å². The Morgan fingerprint density at radius 1 is 1.16 bits per heavy atom. The molecular formula is C17H19NO5S2. The Kier molecular flexibility index (Phi) is 5.41. The first-order chi connectivity index (χ1) is 12.0. The van der Waals surface area contributed by atoms with Crippen LogP contribution in [-0.2, 0) is 14.6 Å². The molecule has 6 nitrogen and oxygen atoms in total. The van der Waals surface area contributed by atoms with Crippen molar-refractivity contribution in [2.45, 2.75) is 10.1 Å². The van der Waals surface area contributed by atoms with Gasteiger partial charge in [0.05, 0.1) is 16.3 Å². The highest BCUT2D eigenvalue weighted by Crippen LogP contribution is 2.34. The average molecular weight is 381 g/mol. The third-order valence-corrected chi connectivity index (χ3v) is 6.56. The molecule has 1 aliphatic heterocycles. The highest BCUT2D eigenvalue weighted by molar-refractivity contribution is 8.08. The van der Waals surface area contributed by atoms with Crippen LogP contribution in [0.5, 0.6) is 17.2 Å². The van der Waals surface area contributed by atoms with Crippen LogP contribution in [0.1, 0.15) is 0 Å². The standard InChI is InChI=1S/C17H19NO5S2/c1-21-11-22-17-8-13(4-7-16(17)18)23-12-2-5-15(6-3-12)25(19,20)10-14-9-24-14/h2-8,14H,9-11,18H2,1H3. The molecule has 0 saturated carbocycles. The minimum absolute atomic E-state index is 0.0828. The Hall–Kier alpha value is -1.90. The molecule has 1 unspecified atom stereocenters. The van der Waals surface area contributed by atoms with Crippen LogP contribution in [0.15, 0.2) is 47.4 Å². The Balaban J connectivity index is 1.71. The molecule has 1 fully saturated rings. The minimum Gasteiger partial charge on any atom is -0.465 e. The SMILES string of the molecule is COCOc1cc(Oc2ccc(S(=O)(=O)CC3CS3)cc2)ccc1N. The molecule has 0 radical (unpaired) electrons. The Morgan fingerprint density at radius 3 is 2.48 bits per heavy atom. The topological polar surface area (TPSA) is 87.9 Å². The lowest BCUT2D eigenvalue weighted by Crippen LogP contribution is -2.10. The van der Waals surface area contributed by atoms with E-state index < -0.39 is 9.84 Å². The second-order valence-electron chi connectivity index (χ2n) is 5.56. The van der Waals surface area contributed by atoms with E-state index in [4.69, 9.17) is 19.9 Å². The number of rotatable bonds is 8. The lowest BCUT2D eigenvalue weighted by Gasteiger charge is -2.11. The third kappa shape index (κ3) is 4.81. The molecule has 3 rings (SSSR count). The van der Waals surface area contributed by atoms with E-state index in [1.165, 1.54) is 7.11 Å². The summed E-state index contributed by atoms with van der Waals surface area (Å²) >= 11 is 1.67. The first kappa shape index (κ1) is 17.9. The number of methoxy groups -OCH3 is 1. The van der Waals surface area contributed by atoms with Crippen molar-refractivity contribution in [3.63, 3.8) is 0 Å². The molecule has 0 amide bonds. The Labute approximate surface area is 151 Å². The summed E-state index contributed by atoms with van der Waals surface area (Å²) < 4.78 is 40.4. The Bertz CT molecular complexity index is 833. The summed E-state index contributed by atoms with van der Waals surface area (Å²) in [5.41, 5.74) is 6.31. The molecule has 0 aliphatic carbocycles. The summed E-state index contributed by atoms with van der Waals surface area (Å²) in [6.07, 6.45) is 0. The van der Waals surface area contributed by atoms with Crippen molar-refractivity contribution in [1.29, 1.82) is 0 Å². The molecule has 1 heterocycles. The van der Waals surface area contributed by atoms with E-state index in [0.29, 0.717) is 27.8 Å². The maximum atomic E-state index is 12.2. The van der Waals surface area contributed by atoms with Gasteiger partial charge in [0.25, 0.3) is 0 Å². The second-order valence-corrected chi connectivity index (χ2v) is 8.93. The monoisotopic (exact) mass is 381 g/mol. The molecule has 1 aliphatic rings. The number of nitrogens with two attached hydrogens (primary N) is 1. The summed E-state index contributed by atoms with van der Waals surface area (Å²) in [6.45, 7) is 0.0828. The van der Waals surface area contributed by atoms with Gasteiger partial charge in [0.15, 0.2) is 16.6 Å². The largest absolute Gasteiger partial charge is 0.465 e. The lowest BCUT2D eigenvalue weighted by molar-refractivity contribution is 0.0515. The van der Waals surface area contributed by atoms with E-state index in [2.05, 4.69) is 0 Å². The summed E-state index contributed by atoms with van der Waals surface area (Å²) in [5.74, 6) is 2.63. The first-order valence-electron chi connectivity index (χ1n) is 7.61. The molecule has 0 aromatic heterocycles. The fourth-order valence-electron chi connectivity index (χ4n) is 2.18. The number of nitrogen functional groups attached to an aromatic ring is 1.